The van der Waals surface area contributed by atoms with E-state index in [2.05, 4.69) is 15.6 Å². The highest BCUT2D eigenvalue weighted by Crippen LogP contribution is 2.22. The van der Waals surface area contributed by atoms with Crippen molar-refractivity contribution in [2.24, 2.45) is 0 Å². The molecule has 1 heterocycles. The SMILES string of the molecule is COc1ccccc1NC(=O)COn1nnc2ccc(Cl)cc21. The number of amides is 1. The first kappa shape index (κ1) is 15.1. The zero-order valence-electron chi connectivity index (χ0n) is 12.2. The number of rotatable bonds is 5. The third-order valence-electron chi connectivity index (χ3n) is 3.08. The molecule has 118 valence electrons. The maximum atomic E-state index is 12.0. The molecule has 8 heteroatoms. The molecule has 0 spiro atoms. The summed E-state index contributed by atoms with van der Waals surface area (Å²) in [6, 6.07) is 12.2. The quantitative estimate of drug-likeness (QED) is 0.774. The van der Waals surface area contributed by atoms with Gasteiger partial charge >= 0.3 is 0 Å². The number of methoxy groups -OCH3 is 1. The number of hydrogen-bond acceptors (Lipinski definition) is 5. The first-order valence-corrected chi connectivity index (χ1v) is 7.12. The number of anilines is 1. The number of aromatic nitrogens is 3. The van der Waals surface area contributed by atoms with E-state index in [9.17, 15) is 4.79 Å². The second-order valence-electron chi connectivity index (χ2n) is 4.62. The second-order valence-corrected chi connectivity index (χ2v) is 5.05. The maximum absolute atomic E-state index is 12.0. The van der Waals surface area contributed by atoms with Crippen molar-refractivity contribution in [3.05, 3.63) is 47.5 Å². The number of halogens is 1. The van der Waals surface area contributed by atoms with Gasteiger partial charge in [0.2, 0.25) is 0 Å². The Labute approximate surface area is 136 Å². The van der Waals surface area contributed by atoms with E-state index in [0.717, 1.165) is 0 Å². The molecule has 1 N–H and O–H groups in total. The van der Waals surface area contributed by atoms with Crippen LogP contribution in [0.5, 0.6) is 5.75 Å². The molecule has 0 aliphatic carbocycles. The van der Waals surface area contributed by atoms with Crippen LogP contribution in [0.1, 0.15) is 0 Å². The number of fused-ring (bicyclic) bond motifs is 1. The molecule has 0 bridgehead atoms. The molecular formula is C15H13ClN4O3. The Kier molecular flexibility index (Phi) is 4.29. The van der Waals surface area contributed by atoms with Crippen molar-refractivity contribution >= 4 is 34.2 Å². The van der Waals surface area contributed by atoms with Crippen molar-refractivity contribution < 1.29 is 14.4 Å². The van der Waals surface area contributed by atoms with Gasteiger partial charge in [-0.05, 0) is 35.5 Å². The van der Waals surface area contributed by atoms with Crippen LogP contribution in [0.3, 0.4) is 0 Å². The highest BCUT2D eigenvalue weighted by molar-refractivity contribution is 6.31. The summed E-state index contributed by atoms with van der Waals surface area (Å²) in [5, 5.41) is 11.0. The molecule has 0 atom stereocenters. The predicted molar refractivity (Wildman–Crippen MR) is 85.6 cm³/mol. The highest BCUT2D eigenvalue weighted by atomic mass is 35.5. The summed E-state index contributed by atoms with van der Waals surface area (Å²) in [5.74, 6) is 0.221. The molecule has 0 fully saturated rings. The van der Waals surface area contributed by atoms with Gasteiger partial charge in [0.05, 0.1) is 12.8 Å². The minimum Gasteiger partial charge on any atom is -0.495 e. The number of benzene rings is 2. The number of carbonyl (C=O) groups excluding carboxylic acids is 1. The largest absolute Gasteiger partial charge is 0.495 e. The Morgan fingerprint density at radius 2 is 2.13 bits per heavy atom. The first-order valence-electron chi connectivity index (χ1n) is 6.74. The Bertz CT molecular complexity index is 850. The summed E-state index contributed by atoms with van der Waals surface area (Å²) in [5.41, 5.74) is 1.78. The summed E-state index contributed by atoms with van der Waals surface area (Å²) in [6.45, 7) is -0.233. The summed E-state index contributed by atoms with van der Waals surface area (Å²) >= 11 is 5.93. The Morgan fingerprint density at radius 1 is 1.30 bits per heavy atom. The van der Waals surface area contributed by atoms with Crippen LogP contribution in [0, 0.1) is 0 Å². The fraction of sp³-hybridized carbons (Fsp3) is 0.133. The van der Waals surface area contributed by atoms with E-state index in [-0.39, 0.29) is 12.5 Å². The number of nitrogens with one attached hydrogen (secondary N) is 1. The fourth-order valence-electron chi connectivity index (χ4n) is 2.02. The number of carbonyl (C=O) groups is 1. The lowest BCUT2D eigenvalue weighted by Gasteiger charge is -2.10. The number of para-hydroxylation sites is 2. The number of hydrogen-bond donors (Lipinski definition) is 1. The topological polar surface area (TPSA) is 78.3 Å². The molecule has 0 aliphatic heterocycles. The predicted octanol–water partition coefficient (Wildman–Crippen LogP) is 2.16. The average Bonchev–Trinajstić information content (AvgIpc) is 2.95. The van der Waals surface area contributed by atoms with Crippen LogP contribution in [0.4, 0.5) is 5.69 Å². The van der Waals surface area contributed by atoms with Gasteiger partial charge in [0.15, 0.2) is 6.61 Å². The zero-order valence-corrected chi connectivity index (χ0v) is 12.9. The van der Waals surface area contributed by atoms with Crippen molar-refractivity contribution in [1.29, 1.82) is 0 Å². The summed E-state index contributed by atoms with van der Waals surface area (Å²) in [7, 11) is 1.53. The molecule has 0 aliphatic rings. The summed E-state index contributed by atoms with van der Waals surface area (Å²) < 4.78 is 5.17. The smallest absolute Gasteiger partial charge is 0.265 e. The normalized spacial score (nSPS) is 10.5. The Morgan fingerprint density at radius 3 is 2.96 bits per heavy atom. The van der Waals surface area contributed by atoms with Crippen LogP contribution in [-0.4, -0.2) is 34.8 Å². The highest BCUT2D eigenvalue weighted by Gasteiger charge is 2.10. The Hall–Kier alpha value is -2.80. The van der Waals surface area contributed by atoms with Gasteiger partial charge in [0, 0.05) is 5.02 Å². The van der Waals surface area contributed by atoms with Crippen molar-refractivity contribution in [3.63, 3.8) is 0 Å². The molecule has 1 aromatic heterocycles. The van der Waals surface area contributed by atoms with Crippen molar-refractivity contribution in [2.75, 3.05) is 19.0 Å². The van der Waals surface area contributed by atoms with E-state index in [0.29, 0.717) is 27.5 Å². The lowest BCUT2D eigenvalue weighted by atomic mass is 10.3. The molecule has 3 aromatic rings. The molecule has 7 nitrogen and oxygen atoms in total. The van der Waals surface area contributed by atoms with Gasteiger partial charge in [0.25, 0.3) is 5.91 Å². The lowest BCUT2D eigenvalue weighted by molar-refractivity contribution is -0.121. The van der Waals surface area contributed by atoms with Crippen LogP contribution < -0.4 is 14.9 Å². The molecule has 23 heavy (non-hydrogen) atoms. The van der Waals surface area contributed by atoms with Crippen LogP contribution in [-0.2, 0) is 4.79 Å². The molecule has 0 saturated heterocycles. The standard InChI is InChI=1S/C15H13ClN4O3/c1-22-14-5-3-2-4-12(14)17-15(21)9-23-20-13-8-10(16)6-7-11(13)18-19-20/h2-8H,9H2,1H3,(H,17,21). The maximum Gasteiger partial charge on any atom is 0.265 e. The van der Waals surface area contributed by atoms with Crippen molar-refractivity contribution in [3.8, 4) is 5.75 Å². The van der Waals surface area contributed by atoms with E-state index in [1.54, 1.807) is 36.4 Å². The molecule has 0 unspecified atom stereocenters. The third-order valence-corrected chi connectivity index (χ3v) is 3.31. The van der Waals surface area contributed by atoms with Gasteiger partial charge in [-0.2, -0.15) is 0 Å². The van der Waals surface area contributed by atoms with Crippen LogP contribution in [0.2, 0.25) is 5.02 Å². The monoisotopic (exact) mass is 332 g/mol. The van der Waals surface area contributed by atoms with E-state index in [1.165, 1.54) is 12.0 Å². The lowest BCUT2D eigenvalue weighted by Crippen LogP contribution is -2.26. The van der Waals surface area contributed by atoms with Crippen LogP contribution in [0.25, 0.3) is 11.0 Å². The molecule has 0 saturated carbocycles. The van der Waals surface area contributed by atoms with E-state index >= 15 is 0 Å². The fourth-order valence-corrected chi connectivity index (χ4v) is 2.19. The Balaban J connectivity index is 1.67. The zero-order chi connectivity index (χ0) is 16.2. The van der Waals surface area contributed by atoms with Gasteiger partial charge in [-0.25, -0.2) is 0 Å². The van der Waals surface area contributed by atoms with Gasteiger partial charge in [-0.3, -0.25) is 4.79 Å². The van der Waals surface area contributed by atoms with Gasteiger partial charge < -0.3 is 14.9 Å². The van der Waals surface area contributed by atoms with E-state index in [1.807, 2.05) is 6.07 Å². The third kappa shape index (κ3) is 3.35. The number of ether oxygens (including phenoxy) is 1. The average molecular weight is 333 g/mol. The summed E-state index contributed by atoms with van der Waals surface area (Å²) in [6.07, 6.45) is 0. The van der Waals surface area contributed by atoms with Crippen molar-refractivity contribution in [2.45, 2.75) is 0 Å². The molecule has 2 aromatic carbocycles. The number of nitrogens with zero attached hydrogens (tertiary/aromatic N) is 3. The molecule has 0 radical (unpaired) electrons. The minimum absolute atomic E-state index is 0.233. The van der Waals surface area contributed by atoms with Crippen molar-refractivity contribution in [1.82, 2.24) is 15.2 Å². The van der Waals surface area contributed by atoms with E-state index < -0.39 is 0 Å². The molecular weight excluding hydrogens is 320 g/mol. The molecule has 1 amide bonds. The minimum atomic E-state index is -0.347. The van der Waals surface area contributed by atoms with E-state index in [4.69, 9.17) is 21.2 Å². The second kappa shape index (κ2) is 6.53. The first-order chi connectivity index (χ1) is 11.2. The van der Waals surface area contributed by atoms with Gasteiger partial charge in [0.1, 0.15) is 16.8 Å². The van der Waals surface area contributed by atoms with Crippen LogP contribution >= 0.6 is 11.6 Å². The van der Waals surface area contributed by atoms with Gasteiger partial charge in [-0.1, -0.05) is 28.6 Å². The summed E-state index contributed by atoms with van der Waals surface area (Å²) in [4.78, 5) is 18.5. The van der Waals surface area contributed by atoms with Gasteiger partial charge in [-0.15, -0.1) is 5.10 Å². The molecule has 3 rings (SSSR count). The van der Waals surface area contributed by atoms with Crippen LogP contribution in [0.15, 0.2) is 42.5 Å².